The van der Waals surface area contributed by atoms with E-state index in [1.54, 1.807) is 24.3 Å². The molecule has 3 aromatic carbocycles. The van der Waals surface area contributed by atoms with Gasteiger partial charge in [-0.15, -0.1) is 0 Å². The lowest BCUT2D eigenvalue weighted by atomic mass is 10.2. The van der Waals surface area contributed by atoms with Crippen LogP contribution in [0.5, 0.6) is 5.75 Å². The number of nitrogens with one attached hydrogen (secondary N) is 3. The Morgan fingerprint density at radius 3 is 1.80 bits per heavy atom. The van der Waals surface area contributed by atoms with Crippen molar-refractivity contribution in [1.82, 2.24) is 9.97 Å². The molecule has 0 aliphatic rings. The molecule has 0 aliphatic carbocycles. The number of nitro groups is 2. The first-order chi connectivity index (χ1) is 19.7. The normalized spacial score (nSPS) is 11.0. The van der Waals surface area contributed by atoms with Gasteiger partial charge in [0.05, 0.1) is 46.2 Å². The molecule has 3 N–H and O–H groups in total. The van der Waals surface area contributed by atoms with Gasteiger partial charge in [0.2, 0.25) is 5.95 Å². The summed E-state index contributed by atoms with van der Waals surface area (Å²) < 4.78 is 5.36. The van der Waals surface area contributed by atoms with E-state index in [9.17, 15) is 20.2 Å². The van der Waals surface area contributed by atoms with Crippen LogP contribution in [0.3, 0.4) is 0 Å². The summed E-state index contributed by atoms with van der Waals surface area (Å²) in [6, 6.07) is 16.7. The molecule has 0 aliphatic heterocycles. The number of nitro benzene ring substituents is 2. The fourth-order valence-corrected chi connectivity index (χ4v) is 3.77. The topological polar surface area (TPSA) is 182 Å². The van der Waals surface area contributed by atoms with Gasteiger partial charge in [0.1, 0.15) is 5.75 Å². The fraction of sp³-hybridized carbons (Fsp3) is 0.0400. The Labute approximate surface area is 242 Å². The highest BCUT2D eigenvalue weighted by Crippen LogP contribution is 2.27. The summed E-state index contributed by atoms with van der Waals surface area (Å²) in [7, 11) is 1.51. The molecule has 16 heteroatoms. The molecule has 0 saturated heterocycles. The average molecular weight is 596 g/mol. The summed E-state index contributed by atoms with van der Waals surface area (Å²) in [5.41, 5.74) is 5.92. The molecule has 1 heterocycles. The molecule has 0 spiro atoms. The molecule has 1 aromatic heterocycles. The molecule has 0 radical (unpaired) electrons. The molecule has 0 unspecified atom stereocenters. The predicted molar refractivity (Wildman–Crippen MR) is 157 cm³/mol. The van der Waals surface area contributed by atoms with Crippen molar-refractivity contribution in [2.45, 2.75) is 0 Å². The molecule has 0 saturated carbocycles. The second-order valence-corrected chi connectivity index (χ2v) is 8.82. The number of rotatable bonds is 11. The van der Waals surface area contributed by atoms with Gasteiger partial charge >= 0.3 is 0 Å². The second kappa shape index (κ2) is 13.1. The van der Waals surface area contributed by atoms with Crippen LogP contribution >= 0.6 is 23.2 Å². The third kappa shape index (κ3) is 7.62. The molecule has 0 fully saturated rings. The number of nitrogens with zero attached hydrogens (tertiary/aromatic N) is 6. The van der Waals surface area contributed by atoms with Gasteiger partial charge in [0.25, 0.3) is 11.4 Å². The molecular formula is C25H19Cl2N9O5. The van der Waals surface area contributed by atoms with Gasteiger partial charge in [-0.05, 0) is 36.4 Å². The highest BCUT2D eigenvalue weighted by Gasteiger charge is 2.14. The lowest BCUT2D eigenvalue weighted by Gasteiger charge is -2.11. The van der Waals surface area contributed by atoms with Crippen molar-refractivity contribution in [2.24, 2.45) is 10.2 Å². The minimum atomic E-state index is -0.554. The third-order valence-electron chi connectivity index (χ3n) is 5.22. The van der Waals surface area contributed by atoms with Crippen molar-refractivity contribution in [3.63, 3.8) is 0 Å². The summed E-state index contributed by atoms with van der Waals surface area (Å²) >= 11 is 12.0. The number of aromatic nitrogens is 2. The maximum absolute atomic E-state index is 11.3. The highest BCUT2D eigenvalue weighted by atomic mass is 35.5. The quantitative estimate of drug-likeness (QED) is 0.102. The smallest absolute Gasteiger partial charge is 0.278 e. The number of hydrogen-bond acceptors (Lipinski definition) is 12. The van der Waals surface area contributed by atoms with Crippen LogP contribution in [0.1, 0.15) is 11.1 Å². The van der Waals surface area contributed by atoms with Crippen LogP contribution in [0.2, 0.25) is 10.0 Å². The fourth-order valence-electron chi connectivity index (χ4n) is 3.41. The summed E-state index contributed by atoms with van der Waals surface area (Å²) in [6.07, 6.45) is 2.45. The Hall–Kier alpha value is -5.34. The number of ether oxygens (including phenoxy) is 1. The number of anilines is 4. The van der Waals surface area contributed by atoms with Crippen molar-refractivity contribution >= 4 is 70.3 Å². The SMILES string of the molecule is COc1ccccc1Nc1nc(NN=Cc2cc(Cl)ccc2[N+](=O)[O-])cc(NN=Cc2cc(Cl)ccc2[N+](=O)[O-])n1. The van der Waals surface area contributed by atoms with Crippen LogP contribution < -0.4 is 20.9 Å². The van der Waals surface area contributed by atoms with Crippen LogP contribution in [0.25, 0.3) is 0 Å². The van der Waals surface area contributed by atoms with Crippen molar-refractivity contribution in [2.75, 3.05) is 23.3 Å². The lowest BCUT2D eigenvalue weighted by Crippen LogP contribution is -2.05. The van der Waals surface area contributed by atoms with Gasteiger partial charge in [0, 0.05) is 28.2 Å². The van der Waals surface area contributed by atoms with Crippen molar-refractivity contribution in [3.05, 3.63) is 108 Å². The molecule has 0 amide bonds. The molecule has 41 heavy (non-hydrogen) atoms. The Kier molecular flexibility index (Phi) is 9.19. The van der Waals surface area contributed by atoms with E-state index in [2.05, 4.69) is 36.3 Å². The minimum Gasteiger partial charge on any atom is -0.495 e. The van der Waals surface area contributed by atoms with E-state index in [1.165, 1.54) is 62.0 Å². The number of hydrogen-bond donors (Lipinski definition) is 3. The summed E-state index contributed by atoms with van der Waals surface area (Å²) in [5.74, 6) is 0.978. The van der Waals surface area contributed by atoms with Crippen LogP contribution in [-0.4, -0.2) is 39.4 Å². The van der Waals surface area contributed by atoms with Gasteiger partial charge in [-0.25, -0.2) is 0 Å². The largest absolute Gasteiger partial charge is 0.495 e. The number of para-hydroxylation sites is 2. The van der Waals surface area contributed by atoms with E-state index < -0.39 is 9.85 Å². The first kappa shape index (κ1) is 28.7. The molecule has 0 atom stereocenters. The molecule has 0 bridgehead atoms. The molecule has 4 aromatic rings. The van der Waals surface area contributed by atoms with E-state index in [0.717, 1.165) is 0 Å². The van der Waals surface area contributed by atoms with Crippen molar-refractivity contribution < 1.29 is 14.6 Å². The van der Waals surface area contributed by atoms with Crippen molar-refractivity contribution in [3.8, 4) is 5.75 Å². The number of methoxy groups -OCH3 is 1. The monoisotopic (exact) mass is 595 g/mol. The van der Waals surface area contributed by atoms with Gasteiger partial charge in [-0.2, -0.15) is 20.2 Å². The zero-order valence-corrected chi connectivity index (χ0v) is 22.5. The first-order valence-electron chi connectivity index (χ1n) is 11.5. The lowest BCUT2D eigenvalue weighted by molar-refractivity contribution is -0.385. The highest BCUT2D eigenvalue weighted by molar-refractivity contribution is 6.31. The number of hydrazone groups is 2. The third-order valence-corrected chi connectivity index (χ3v) is 5.69. The standard InChI is InChI=1S/C25H19Cl2N9O5/c1-41-22-5-3-2-4-19(22)30-25-31-23(33-28-13-15-10-17(26)6-8-20(15)35(37)38)12-24(32-25)34-29-14-16-11-18(27)7-9-21(16)36(39)40/h2-14H,1H3,(H3,30,31,32,33,34). The molecule has 14 nitrogen and oxygen atoms in total. The van der Waals surface area contributed by atoms with E-state index in [4.69, 9.17) is 27.9 Å². The van der Waals surface area contributed by atoms with E-state index in [0.29, 0.717) is 21.5 Å². The summed E-state index contributed by atoms with van der Waals surface area (Å²) in [5, 5.41) is 34.4. The maximum Gasteiger partial charge on any atom is 0.278 e. The predicted octanol–water partition coefficient (Wildman–Crippen LogP) is 6.24. The van der Waals surface area contributed by atoms with Crippen LogP contribution in [0, 0.1) is 20.2 Å². The van der Waals surface area contributed by atoms with E-state index in [1.807, 2.05) is 0 Å². The van der Waals surface area contributed by atoms with Crippen molar-refractivity contribution in [1.29, 1.82) is 0 Å². The number of halogens is 2. The zero-order valence-electron chi connectivity index (χ0n) is 21.0. The zero-order chi connectivity index (χ0) is 29.4. The summed E-state index contributed by atoms with van der Waals surface area (Å²) in [4.78, 5) is 30.3. The average Bonchev–Trinajstić information content (AvgIpc) is 2.93. The minimum absolute atomic E-state index is 0.106. The molecule has 208 valence electrons. The van der Waals surface area contributed by atoms with Gasteiger partial charge in [-0.1, -0.05) is 35.3 Å². The Balaban J connectivity index is 1.63. The van der Waals surface area contributed by atoms with Crippen LogP contribution in [0.4, 0.5) is 34.6 Å². The molecular weight excluding hydrogens is 577 g/mol. The van der Waals surface area contributed by atoms with E-state index in [-0.39, 0.29) is 40.1 Å². The Bertz CT molecular complexity index is 1570. The number of benzene rings is 3. The second-order valence-electron chi connectivity index (χ2n) is 7.95. The van der Waals surface area contributed by atoms with Gasteiger partial charge in [0.15, 0.2) is 11.6 Å². The van der Waals surface area contributed by atoms with Crippen LogP contribution in [0.15, 0.2) is 76.9 Å². The first-order valence-corrected chi connectivity index (χ1v) is 12.2. The van der Waals surface area contributed by atoms with Gasteiger partial charge < -0.3 is 10.1 Å². The van der Waals surface area contributed by atoms with Crippen LogP contribution in [-0.2, 0) is 0 Å². The Morgan fingerprint density at radius 2 is 1.32 bits per heavy atom. The maximum atomic E-state index is 11.3. The van der Waals surface area contributed by atoms with Gasteiger partial charge in [-0.3, -0.25) is 31.1 Å². The Morgan fingerprint density at radius 1 is 0.805 bits per heavy atom. The summed E-state index contributed by atoms with van der Waals surface area (Å²) in [6.45, 7) is 0. The molecule has 4 rings (SSSR count). The van der Waals surface area contributed by atoms with E-state index >= 15 is 0 Å².